The van der Waals surface area contributed by atoms with Gasteiger partial charge < -0.3 is 10.5 Å². The minimum Gasteiger partial charge on any atom is -0.433 e. The van der Waals surface area contributed by atoms with E-state index in [1.54, 1.807) is 0 Å². The molecule has 6 heteroatoms. The normalized spacial score (nSPS) is 10.5. The van der Waals surface area contributed by atoms with Crippen LogP contribution >= 0.6 is 11.6 Å². The minimum atomic E-state index is -2.99. The van der Waals surface area contributed by atoms with E-state index in [2.05, 4.69) is 4.74 Å². The number of carbonyl (C=O) groups is 1. The van der Waals surface area contributed by atoms with Crippen molar-refractivity contribution >= 4 is 23.1 Å². The van der Waals surface area contributed by atoms with E-state index in [9.17, 15) is 13.6 Å². The van der Waals surface area contributed by atoms with Gasteiger partial charge in [0.2, 0.25) is 0 Å². The van der Waals surface area contributed by atoms with Crippen LogP contribution in [-0.4, -0.2) is 12.4 Å². The SMILES string of the molecule is CC(=O)c1cc(OC(F)F)c(N)cc1Cl. The summed E-state index contributed by atoms with van der Waals surface area (Å²) in [5.41, 5.74) is 5.45. The van der Waals surface area contributed by atoms with Crippen molar-refractivity contribution in [2.45, 2.75) is 13.5 Å². The molecule has 2 N–H and O–H groups in total. The van der Waals surface area contributed by atoms with Gasteiger partial charge in [-0.1, -0.05) is 11.6 Å². The maximum absolute atomic E-state index is 11.9. The Morgan fingerprint density at radius 1 is 1.53 bits per heavy atom. The van der Waals surface area contributed by atoms with Gasteiger partial charge in [-0.15, -0.1) is 0 Å². The second kappa shape index (κ2) is 4.44. The van der Waals surface area contributed by atoms with Crippen molar-refractivity contribution in [2.75, 3.05) is 5.73 Å². The number of benzene rings is 1. The average molecular weight is 236 g/mol. The van der Waals surface area contributed by atoms with Gasteiger partial charge in [0, 0.05) is 5.56 Å². The van der Waals surface area contributed by atoms with Gasteiger partial charge in [0.1, 0.15) is 5.75 Å². The number of Topliss-reactive ketones (excluding diaryl/α,β-unsaturated/α-hetero) is 1. The quantitative estimate of drug-likeness (QED) is 0.647. The number of ether oxygens (including phenoxy) is 1. The van der Waals surface area contributed by atoms with Gasteiger partial charge >= 0.3 is 6.61 Å². The third-order valence-corrected chi connectivity index (χ3v) is 2.01. The van der Waals surface area contributed by atoms with Gasteiger partial charge in [-0.2, -0.15) is 8.78 Å². The number of hydrogen-bond donors (Lipinski definition) is 1. The molecule has 0 spiro atoms. The molecule has 0 aliphatic heterocycles. The molecule has 0 fully saturated rings. The number of nitrogens with two attached hydrogens (primary N) is 1. The Hall–Kier alpha value is -1.36. The smallest absolute Gasteiger partial charge is 0.387 e. The predicted octanol–water partition coefficient (Wildman–Crippen LogP) is 2.73. The lowest BCUT2D eigenvalue weighted by atomic mass is 10.1. The van der Waals surface area contributed by atoms with Crippen LogP contribution in [0.5, 0.6) is 5.75 Å². The van der Waals surface area contributed by atoms with Crippen LogP contribution < -0.4 is 10.5 Å². The first-order chi connectivity index (χ1) is 6.91. The van der Waals surface area contributed by atoms with E-state index in [0.717, 1.165) is 6.07 Å². The van der Waals surface area contributed by atoms with Gasteiger partial charge in [-0.05, 0) is 19.1 Å². The molecule has 0 amide bonds. The molecule has 0 bridgehead atoms. The molecule has 82 valence electrons. The molecule has 1 aromatic rings. The highest BCUT2D eigenvalue weighted by molar-refractivity contribution is 6.34. The molecule has 0 saturated heterocycles. The Balaban J connectivity index is 3.17. The molecule has 0 heterocycles. The Kier molecular flexibility index (Phi) is 3.47. The van der Waals surface area contributed by atoms with Crippen molar-refractivity contribution in [1.82, 2.24) is 0 Å². The van der Waals surface area contributed by atoms with E-state index in [1.165, 1.54) is 13.0 Å². The van der Waals surface area contributed by atoms with E-state index < -0.39 is 6.61 Å². The summed E-state index contributed by atoms with van der Waals surface area (Å²) >= 11 is 5.69. The van der Waals surface area contributed by atoms with E-state index in [-0.39, 0.29) is 27.8 Å². The molecule has 1 aromatic carbocycles. The Labute approximate surface area is 89.8 Å². The number of alkyl halides is 2. The number of ketones is 1. The molecular weight excluding hydrogens is 228 g/mol. The van der Waals surface area contributed by atoms with Crippen molar-refractivity contribution in [1.29, 1.82) is 0 Å². The predicted molar refractivity (Wildman–Crippen MR) is 52.5 cm³/mol. The monoisotopic (exact) mass is 235 g/mol. The number of nitrogen functional groups attached to an aromatic ring is 1. The zero-order valence-electron chi connectivity index (χ0n) is 7.76. The van der Waals surface area contributed by atoms with Crippen molar-refractivity contribution < 1.29 is 18.3 Å². The maximum atomic E-state index is 11.9. The molecule has 0 aliphatic rings. The van der Waals surface area contributed by atoms with Crippen molar-refractivity contribution in [3.63, 3.8) is 0 Å². The van der Waals surface area contributed by atoms with Crippen LogP contribution in [0.15, 0.2) is 12.1 Å². The van der Waals surface area contributed by atoms with Crippen molar-refractivity contribution in [3.05, 3.63) is 22.7 Å². The number of halogens is 3. The Bertz CT molecular complexity index is 396. The summed E-state index contributed by atoms with van der Waals surface area (Å²) in [5, 5.41) is 0.113. The van der Waals surface area contributed by atoms with E-state index in [4.69, 9.17) is 17.3 Å². The molecule has 0 unspecified atom stereocenters. The lowest BCUT2D eigenvalue weighted by molar-refractivity contribution is -0.0493. The van der Waals surface area contributed by atoms with E-state index in [0.29, 0.717) is 0 Å². The zero-order valence-corrected chi connectivity index (χ0v) is 8.52. The number of rotatable bonds is 3. The van der Waals surface area contributed by atoms with Gasteiger partial charge in [0.15, 0.2) is 5.78 Å². The van der Waals surface area contributed by atoms with Gasteiger partial charge in [0.25, 0.3) is 0 Å². The van der Waals surface area contributed by atoms with Crippen LogP contribution in [0.1, 0.15) is 17.3 Å². The number of carbonyl (C=O) groups excluding carboxylic acids is 1. The van der Waals surface area contributed by atoms with Crippen molar-refractivity contribution in [3.8, 4) is 5.75 Å². The van der Waals surface area contributed by atoms with E-state index in [1.807, 2.05) is 0 Å². The molecular formula is C9H8ClF2NO2. The summed E-state index contributed by atoms with van der Waals surface area (Å²) < 4.78 is 28.0. The average Bonchev–Trinajstić information content (AvgIpc) is 2.08. The Morgan fingerprint density at radius 2 is 2.13 bits per heavy atom. The summed E-state index contributed by atoms with van der Waals surface area (Å²) in [6.07, 6.45) is 0. The standard InChI is InChI=1S/C9H8ClF2NO2/c1-4(14)5-2-8(15-9(11)12)7(13)3-6(5)10/h2-3,9H,13H2,1H3. The molecule has 0 aliphatic carbocycles. The van der Waals surface area contributed by atoms with Crippen LogP contribution in [0, 0.1) is 0 Å². The molecule has 0 radical (unpaired) electrons. The van der Waals surface area contributed by atoms with E-state index >= 15 is 0 Å². The molecule has 15 heavy (non-hydrogen) atoms. The second-order valence-corrected chi connectivity index (χ2v) is 3.21. The fourth-order valence-electron chi connectivity index (χ4n) is 1.04. The van der Waals surface area contributed by atoms with Crippen LogP contribution in [-0.2, 0) is 0 Å². The van der Waals surface area contributed by atoms with Crippen molar-refractivity contribution in [2.24, 2.45) is 0 Å². The topological polar surface area (TPSA) is 52.3 Å². The van der Waals surface area contributed by atoms with Gasteiger partial charge in [-0.25, -0.2) is 0 Å². The highest BCUT2D eigenvalue weighted by Crippen LogP contribution is 2.30. The third-order valence-electron chi connectivity index (χ3n) is 1.69. The fraction of sp³-hybridized carbons (Fsp3) is 0.222. The lowest BCUT2D eigenvalue weighted by Gasteiger charge is -2.09. The number of hydrogen-bond acceptors (Lipinski definition) is 3. The number of anilines is 1. The summed E-state index contributed by atoms with van der Waals surface area (Å²) in [6, 6.07) is 2.31. The zero-order chi connectivity index (χ0) is 11.6. The largest absolute Gasteiger partial charge is 0.433 e. The lowest BCUT2D eigenvalue weighted by Crippen LogP contribution is -2.06. The first kappa shape index (κ1) is 11.7. The molecule has 0 atom stereocenters. The first-order valence-electron chi connectivity index (χ1n) is 3.96. The molecule has 1 rings (SSSR count). The van der Waals surface area contributed by atoms with Gasteiger partial charge in [-0.3, -0.25) is 4.79 Å². The van der Waals surface area contributed by atoms with Crippen LogP contribution in [0.4, 0.5) is 14.5 Å². The summed E-state index contributed by atoms with van der Waals surface area (Å²) in [4.78, 5) is 11.0. The summed E-state index contributed by atoms with van der Waals surface area (Å²) in [7, 11) is 0. The Morgan fingerprint density at radius 3 is 2.60 bits per heavy atom. The van der Waals surface area contributed by atoms with Crippen LogP contribution in [0.25, 0.3) is 0 Å². The fourth-order valence-corrected chi connectivity index (χ4v) is 1.34. The maximum Gasteiger partial charge on any atom is 0.387 e. The molecule has 0 saturated carbocycles. The summed E-state index contributed by atoms with van der Waals surface area (Å²) in [5.74, 6) is -0.598. The molecule has 3 nitrogen and oxygen atoms in total. The van der Waals surface area contributed by atoms with Crippen LogP contribution in [0.2, 0.25) is 5.02 Å². The second-order valence-electron chi connectivity index (χ2n) is 2.80. The minimum absolute atomic E-state index is 0.0368. The highest BCUT2D eigenvalue weighted by Gasteiger charge is 2.13. The first-order valence-corrected chi connectivity index (χ1v) is 4.34. The molecule has 0 aromatic heterocycles. The third kappa shape index (κ3) is 2.79. The van der Waals surface area contributed by atoms with Crippen LogP contribution in [0.3, 0.4) is 0 Å². The highest BCUT2D eigenvalue weighted by atomic mass is 35.5. The summed E-state index contributed by atoms with van der Waals surface area (Å²) in [6.45, 7) is -1.72. The van der Waals surface area contributed by atoms with Gasteiger partial charge in [0.05, 0.1) is 10.7 Å².